The van der Waals surface area contributed by atoms with Crippen molar-refractivity contribution in [3.8, 4) is 0 Å². The van der Waals surface area contributed by atoms with Crippen molar-refractivity contribution in [2.75, 3.05) is 24.6 Å². The zero-order valence-corrected chi connectivity index (χ0v) is 8.98. The summed E-state index contributed by atoms with van der Waals surface area (Å²) in [6.07, 6.45) is 2.34. The van der Waals surface area contributed by atoms with Crippen molar-refractivity contribution >= 4 is 17.7 Å². The number of hydrogen-bond acceptors (Lipinski definition) is 3. The summed E-state index contributed by atoms with van der Waals surface area (Å²) in [5.41, 5.74) is 5.59. The monoisotopic (exact) mass is 202 g/mol. The molecule has 0 aromatic heterocycles. The summed E-state index contributed by atoms with van der Waals surface area (Å²) in [4.78, 5) is 13.4. The van der Waals surface area contributed by atoms with Crippen LogP contribution in [0.4, 0.5) is 0 Å². The van der Waals surface area contributed by atoms with Gasteiger partial charge in [0.15, 0.2) is 0 Å². The molecule has 1 aliphatic heterocycles. The third-order valence-corrected chi connectivity index (χ3v) is 3.28. The van der Waals surface area contributed by atoms with Crippen LogP contribution in [0.3, 0.4) is 0 Å². The highest BCUT2D eigenvalue weighted by molar-refractivity contribution is 7.99. The number of hydrogen-bond donors (Lipinski definition) is 1. The molecule has 0 aliphatic carbocycles. The van der Waals surface area contributed by atoms with Gasteiger partial charge in [-0.05, 0) is 19.8 Å². The summed E-state index contributed by atoms with van der Waals surface area (Å²) in [6.45, 7) is 3.88. The minimum atomic E-state index is 0.191. The van der Waals surface area contributed by atoms with Crippen molar-refractivity contribution in [3.63, 3.8) is 0 Å². The van der Waals surface area contributed by atoms with E-state index >= 15 is 0 Å². The van der Waals surface area contributed by atoms with E-state index in [1.54, 1.807) is 11.8 Å². The van der Waals surface area contributed by atoms with E-state index in [0.717, 1.165) is 18.8 Å². The smallest absolute Gasteiger partial charge is 0.232 e. The molecule has 0 radical (unpaired) electrons. The van der Waals surface area contributed by atoms with Crippen LogP contribution in [0, 0.1) is 0 Å². The number of rotatable bonds is 4. The lowest BCUT2D eigenvalue weighted by molar-refractivity contribution is -0.127. The van der Waals surface area contributed by atoms with E-state index < -0.39 is 0 Å². The fourth-order valence-corrected chi connectivity index (χ4v) is 2.24. The van der Waals surface area contributed by atoms with Gasteiger partial charge in [-0.2, -0.15) is 11.8 Å². The average molecular weight is 202 g/mol. The van der Waals surface area contributed by atoms with Crippen molar-refractivity contribution in [1.82, 2.24) is 4.90 Å². The van der Waals surface area contributed by atoms with Gasteiger partial charge in [0.05, 0.1) is 5.75 Å². The maximum Gasteiger partial charge on any atom is 0.232 e. The maximum atomic E-state index is 11.5. The van der Waals surface area contributed by atoms with Gasteiger partial charge in [0.25, 0.3) is 0 Å². The molecule has 0 aromatic carbocycles. The Morgan fingerprint density at radius 3 is 2.69 bits per heavy atom. The van der Waals surface area contributed by atoms with Gasteiger partial charge >= 0.3 is 0 Å². The molecule has 76 valence electrons. The lowest BCUT2D eigenvalue weighted by Crippen LogP contribution is -2.30. The van der Waals surface area contributed by atoms with Crippen LogP contribution in [0.5, 0.6) is 0 Å². The molecule has 13 heavy (non-hydrogen) atoms. The molecular weight excluding hydrogens is 184 g/mol. The van der Waals surface area contributed by atoms with E-state index in [4.69, 9.17) is 5.73 Å². The topological polar surface area (TPSA) is 46.3 Å². The highest BCUT2D eigenvalue weighted by atomic mass is 32.2. The normalized spacial score (nSPS) is 19.1. The van der Waals surface area contributed by atoms with E-state index in [2.05, 4.69) is 0 Å². The minimum absolute atomic E-state index is 0.191. The molecule has 1 unspecified atom stereocenters. The van der Waals surface area contributed by atoms with Gasteiger partial charge in [0.2, 0.25) is 5.91 Å². The highest BCUT2D eigenvalue weighted by Crippen LogP contribution is 2.10. The van der Waals surface area contributed by atoms with E-state index in [-0.39, 0.29) is 11.9 Å². The largest absolute Gasteiger partial charge is 0.342 e. The summed E-state index contributed by atoms with van der Waals surface area (Å²) in [6, 6.07) is 0.191. The van der Waals surface area contributed by atoms with Crippen LogP contribution in [0.25, 0.3) is 0 Å². The maximum absolute atomic E-state index is 11.5. The molecule has 1 fully saturated rings. The fourth-order valence-electron chi connectivity index (χ4n) is 1.39. The summed E-state index contributed by atoms with van der Waals surface area (Å²) in [7, 11) is 0. The number of carbonyl (C=O) groups excluding carboxylic acids is 1. The molecule has 1 heterocycles. The molecule has 0 saturated carbocycles. The van der Waals surface area contributed by atoms with Crippen LogP contribution < -0.4 is 5.73 Å². The second kappa shape index (κ2) is 5.50. The first-order valence-corrected chi connectivity index (χ1v) is 5.96. The predicted molar refractivity (Wildman–Crippen MR) is 56.8 cm³/mol. The average Bonchev–Trinajstić information content (AvgIpc) is 2.55. The quantitative estimate of drug-likeness (QED) is 0.729. The van der Waals surface area contributed by atoms with Gasteiger partial charge in [0, 0.05) is 24.9 Å². The van der Waals surface area contributed by atoms with Crippen LogP contribution in [-0.2, 0) is 4.79 Å². The van der Waals surface area contributed by atoms with Crippen molar-refractivity contribution in [3.05, 3.63) is 0 Å². The van der Waals surface area contributed by atoms with Gasteiger partial charge < -0.3 is 10.6 Å². The Bertz CT molecular complexity index is 167. The Kier molecular flexibility index (Phi) is 4.59. The third kappa shape index (κ3) is 4.00. The molecule has 1 aliphatic rings. The Labute approximate surface area is 84.0 Å². The number of nitrogens with two attached hydrogens (primary N) is 1. The zero-order valence-electron chi connectivity index (χ0n) is 8.16. The Hall–Kier alpha value is -0.220. The standard InChI is InChI=1S/C9H18N2OS/c1-8(10)6-13-7-9(12)11-4-2-3-5-11/h8H,2-7,10H2,1H3. The van der Waals surface area contributed by atoms with Gasteiger partial charge in [-0.15, -0.1) is 0 Å². The molecule has 1 amide bonds. The van der Waals surface area contributed by atoms with Gasteiger partial charge in [-0.1, -0.05) is 0 Å². The first-order valence-electron chi connectivity index (χ1n) is 4.81. The van der Waals surface area contributed by atoms with Crippen molar-refractivity contribution in [2.24, 2.45) is 5.73 Å². The van der Waals surface area contributed by atoms with E-state index in [9.17, 15) is 4.79 Å². The zero-order chi connectivity index (χ0) is 9.68. The van der Waals surface area contributed by atoms with Crippen molar-refractivity contribution < 1.29 is 4.79 Å². The van der Waals surface area contributed by atoms with Crippen molar-refractivity contribution in [2.45, 2.75) is 25.8 Å². The highest BCUT2D eigenvalue weighted by Gasteiger charge is 2.17. The van der Waals surface area contributed by atoms with Crippen LogP contribution in [0.2, 0.25) is 0 Å². The first-order chi connectivity index (χ1) is 6.20. The van der Waals surface area contributed by atoms with Crippen molar-refractivity contribution in [1.29, 1.82) is 0 Å². The second-order valence-corrected chi connectivity index (χ2v) is 4.61. The molecule has 2 N–H and O–H groups in total. The molecule has 4 heteroatoms. The minimum Gasteiger partial charge on any atom is -0.342 e. The van der Waals surface area contributed by atoms with Crippen LogP contribution in [0.1, 0.15) is 19.8 Å². The molecule has 1 atom stereocenters. The lowest BCUT2D eigenvalue weighted by atomic mass is 10.4. The first kappa shape index (κ1) is 10.9. The van der Waals surface area contributed by atoms with Crippen LogP contribution >= 0.6 is 11.8 Å². The predicted octanol–water partition coefficient (Wildman–Crippen LogP) is 0.689. The molecule has 0 aromatic rings. The molecule has 0 spiro atoms. The summed E-state index contributed by atoms with van der Waals surface area (Å²) < 4.78 is 0. The van der Waals surface area contributed by atoms with Gasteiger partial charge in [-0.25, -0.2) is 0 Å². The van der Waals surface area contributed by atoms with Crippen LogP contribution in [0.15, 0.2) is 0 Å². The number of carbonyl (C=O) groups is 1. The molecule has 1 saturated heterocycles. The summed E-state index contributed by atoms with van der Waals surface area (Å²) in [5.74, 6) is 1.75. The molecule has 1 rings (SSSR count). The Balaban J connectivity index is 2.10. The number of nitrogens with zero attached hydrogens (tertiary/aromatic N) is 1. The number of amides is 1. The molecule has 3 nitrogen and oxygen atoms in total. The second-order valence-electron chi connectivity index (χ2n) is 3.58. The Morgan fingerprint density at radius 2 is 2.15 bits per heavy atom. The molecule has 0 bridgehead atoms. The lowest BCUT2D eigenvalue weighted by Gasteiger charge is -2.14. The summed E-state index contributed by atoms with van der Waals surface area (Å²) in [5, 5.41) is 0. The number of thioether (sulfide) groups is 1. The van der Waals surface area contributed by atoms with Crippen LogP contribution in [-0.4, -0.2) is 41.4 Å². The van der Waals surface area contributed by atoms with E-state index in [1.165, 1.54) is 12.8 Å². The van der Waals surface area contributed by atoms with Gasteiger partial charge in [0.1, 0.15) is 0 Å². The third-order valence-electron chi connectivity index (χ3n) is 2.07. The summed E-state index contributed by atoms with van der Waals surface area (Å²) >= 11 is 1.64. The SMILES string of the molecule is CC(N)CSCC(=O)N1CCCC1. The fraction of sp³-hybridized carbons (Fsp3) is 0.889. The van der Waals surface area contributed by atoms with Gasteiger partial charge in [-0.3, -0.25) is 4.79 Å². The Morgan fingerprint density at radius 1 is 1.54 bits per heavy atom. The van der Waals surface area contributed by atoms with E-state index in [1.807, 2.05) is 11.8 Å². The number of likely N-dealkylation sites (tertiary alicyclic amines) is 1. The molecular formula is C9H18N2OS. The van der Waals surface area contributed by atoms with E-state index in [0.29, 0.717) is 5.75 Å².